The first-order chi connectivity index (χ1) is 8.63. The minimum absolute atomic E-state index is 0.758. The number of hydrogen-bond donors (Lipinski definition) is 1. The summed E-state index contributed by atoms with van der Waals surface area (Å²) in [6.07, 6.45) is 6.96. The highest BCUT2D eigenvalue weighted by molar-refractivity contribution is 4.97. The van der Waals surface area contributed by atoms with Gasteiger partial charge in [-0.3, -0.25) is 0 Å². The molecule has 4 atom stereocenters. The van der Waals surface area contributed by atoms with Crippen LogP contribution in [0.1, 0.15) is 39.0 Å². The predicted octanol–water partition coefficient (Wildman–Crippen LogP) is 1.54. The van der Waals surface area contributed by atoms with E-state index in [4.69, 9.17) is 0 Å². The molecule has 0 aromatic heterocycles. The SMILES string of the molecule is CC1CN(C)CCC1NC1CC2CCC(C1)N2C. The van der Waals surface area contributed by atoms with Gasteiger partial charge in [-0.05, 0) is 58.7 Å². The maximum atomic E-state index is 4.00. The molecular weight excluding hydrogens is 222 g/mol. The zero-order chi connectivity index (χ0) is 12.7. The molecule has 1 N–H and O–H groups in total. The van der Waals surface area contributed by atoms with Gasteiger partial charge in [0.1, 0.15) is 0 Å². The van der Waals surface area contributed by atoms with E-state index in [1.54, 1.807) is 0 Å². The second-order valence-corrected chi connectivity index (χ2v) is 7.02. The van der Waals surface area contributed by atoms with Crippen molar-refractivity contribution in [3.63, 3.8) is 0 Å². The first kappa shape index (κ1) is 12.9. The Morgan fingerprint density at radius 2 is 1.67 bits per heavy atom. The van der Waals surface area contributed by atoms with Gasteiger partial charge in [-0.25, -0.2) is 0 Å². The van der Waals surface area contributed by atoms with Crippen molar-refractivity contribution in [3.05, 3.63) is 0 Å². The van der Waals surface area contributed by atoms with Crippen LogP contribution in [0.15, 0.2) is 0 Å². The van der Waals surface area contributed by atoms with Gasteiger partial charge in [-0.15, -0.1) is 0 Å². The number of fused-ring (bicyclic) bond motifs is 2. The Balaban J connectivity index is 1.54. The number of nitrogens with zero attached hydrogens (tertiary/aromatic N) is 2. The van der Waals surface area contributed by atoms with E-state index in [0.717, 1.165) is 30.1 Å². The van der Waals surface area contributed by atoms with Crippen LogP contribution >= 0.6 is 0 Å². The van der Waals surface area contributed by atoms with Gasteiger partial charge in [0, 0.05) is 30.7 Å². The van der Waals surface area contributed by atoms with Gasteiger partial charge in [0.05, 0.1) is 0 Å². The quantitative estimate of drug-likeness (QED) is 0.803. The van der Waals surface area contributed by atoms with Crippen molar-refractivity contribution in [2.75, 3.05) is 27.2 Å². The lowest BCUT2D eigenvalue weighted by molar-refractivity contribution is 0.116. The Bertz CT molecular complexity index is 279. The van der Waals surface area contributed by atoms with Crippen LogP contribution in [0.25, 0.3) is 0 Å². The summed E-state index contributed by atoms with van der Waals surface area (Å²) in [6, 6.07) is 3.27. The Morgan fingerprint density at radius 1 is 1.00 bits per heavy atom. The highest BCUT2D eigenvalue weighted by Gasteiger charge is 2.39. The van der Waals surface area contributed by atoms with Crippen LogP contribution in [0.2, 0.25) is 0 Å². The van der Waals surface area contributed by atoms with Crippen molar-refractivity contribution < 1.29 is 0 Å². The molecular formula is C15H29N3. The summed E-state index contributed by atoms with van der Waals surface area (Å²) >= 11 is 0. The molecule has 3 heteroatoms. The van der Waals surface area contributed by atoms with Crippen molar-refractivity contribution in [2.45, 2.75) is 63.2 Å². The van der Waals surface area contributed by atoms with Crippen LogP contribution in [0.3, 0.4) is 0 Å². The minimum atomic E-state index is 0.758. The first-order valence-electron chi connectivity index (χ1n) is 7.80. The summed E-state index contributed by atoms with van der Waals surface area (Å²) in [5.74, 6) is 0.807. The van der Waals surface area contributed by atoms with Crippen LogP contribution in [-0.2, 0) is 0 Å². The van der Waals surface area contributed by atoms with Crippen LogP contribution in [0.5, 0.6) is 0 Å². The maximum Gasteiger partial charge on any atom is 0.0120 e. The van der Waals surface area contributed by atoms with E-state index in [0.29, 0.717) is 0 Å². The summed E-state index contributed by atoms with van der Waals surface area (Å²) in [5, 5.41) is 4.00. The molecule has 3 saturated heterocycles. The normalized spacial score (nSPS) is 46.5. The van der Waals surface area contributed by atoms with Crippen molar-refractivity contribution in [1.29, 1.82) is 0 Å². The molecule has 3 nitrogen and oxygen atoms in total. The van der Waals surface area contributed by atoms with E-state index >= 15 is 0 Å². The lowest BCUT2D eigenvalue weighted by Gasteiger charge is -2.42. The second-order valence-electron chi connectivity index (χ2n) is 7.02. The number of nitrogens with one attached hydrogen (secondary N) is 1. The molecule has 3 aliphatic heterocycles. The summed E-state index contributed by atoms with van der Waals surface area (Å²) in [4.78, 5) is 5.11. The Hall–Kier alpha value is -0.120. The molecule has 0 radical (unpaired) electrons. The number of rotatable bonds is 2. The van der Waals surface area contributed by atoms with Gasteiger partial charge in [0.15, 0.2) is 0 Å². The molecule has 3 heterocycles. The second kappa shape index (κ2) is 5.10. The summed E-state index contributed by atoms with van der Waals surface area (Å²) < 4.78 is 0. The molecule has 0 amide bonds. The topological polar surface area (TPSA) is 18.5 Å². The molecule has 0 saturated carbocycles. The molecule has 18 heavy (non-hydrogen) atoms. The lowest BCUT2D eigenvalue weighted by Crippen LogP contribution is -2.54. The Kier molecular flexibility index (Phi) is 3.65. The third kappa shape index (κ3) is 2.45. The largest absolute Gasteiger partial charge is 0.311 e. The fourth-order valence-corrected chi connectivity index (χ4v) is 4.45. The van der Waals surface area contributed by atoms with Gasteiger partial charge in [0.2, 0.25) is 0 Å². The van der Waals surface area contributed by atoms with E-state index in [1.165, 1.54) is 45.2 Å². The summed E-state index contributed by atoms with van der Waals surface area (Å²) in [7, 11) is 4.58. The van der Waals surface area contributed by atoms with E-state index in [9.17, 15) is 0 Å². The molecule has 3 aliphatic rings. The van der Waals surface area contributed by atoms with Crippen LogP contribution in [-0.4, -0.2) is 61.2 Å². The van der Waals surface area contributed by atoms with Crippen molar-refractivity contribution in [1.82, 2.24) is 15.1 Å². The third-order valence-electron chi connectivity index (χ3n) is 5.66. The van der Waals surface area contributed by atoms with Crippen LogP contribution in [0, 0.1) is 5.92 Å². The molecule has 3 fully saturated rings. The molecule has 0 aromatic rings. The number of likely N-dealkylation sites (tertiary alicyclic amines) is 1. The molecule has 2 bridgehead atoms. The Morgan fingerprint density at radius 3 is 2.28 bits per heavy atom. The zero-order valence-corrected chi connectivity index (χ0v) is 12.2. The summed E-state index contributed by atoms with van der Waals surface area (Å²) in [6.45, 7) is 4.94. The predicted molar refractivity (Wildman–Crippen MR) is 75.8 cm³/mol. The average Bonchev–Trinajstić information content (AvgIpc) is 2.57. The maximum absolute atomic E-state index is 4.00. The van der Waals surface area contributed by atoms with Crippen LogP contribution in [0.4, 0.5) is 0 Å². The van der Waals surface area contributed by atoms with E-state index in [1.807, 2.05) is 0 Å². The molecule has 0 spiro atoms. The molecule has 104 valence electrons. The van der Waals surface area contributed by atoms with Crippen molar-refractivity contribution in [2.24, 2.45) is 5.92 Å². The molecule has 4 unspecified atom stereocenters. The number of piperidine rings is 2. The fourth-order valence-electron chi connectivity index (χ4n) is 4.45. The van der Waals surface area contributed by atoms with Gasteiger partial charge < -0.3 is 15.1 Å². The molecule has 0 aromatic carbocycles. The molecule has 3 rings (SSSR count). The fraction of sp³-hybridized carbons (Fsp3) is 1.00. The highest BCUT2D eigenvalue weighted by atomic mass is 15.2. The van der Waals surface area contributed by atoms with E-state index < -0.39 is 0 Å². The Labute approximate surface area is 112 Å². The van der Waals surface area contributed by atoms with Crippen molar-refractivity contribution in [3.8, 4) is 0 Å². The third-order valence-corrected chi connectivity index (χ3v) is 5.66. The lowest BCUT2D eigenvalue weighted by atomic mass is 9.90. The van der Waals surface area contributed by atoms with Crippen LogP contribution < -0.4 is 5.32 Å². The molecule has 0 aliphatic carbocycles. The first-order valence-corrected chi connectivity index (χ1v) is 7.80. The highest BCUT2D eigenvalue weighted by Crippen LogP contribution is 2.34. The smallest absolute Gasteiger partial charge is 0.0120 e. The standard InChI is InChI=1S/C15H29N3/c1-11-10-17(2)7-6-15(11)16-12-8-13-4-5-14(9-12)18(13)3/h11-16H,4-10H2,1-3H3. The number of hydrogen-bond acceptors (Lipinski definition) is 3. The van der Waals surface area contributed by atoms with E-state index in [2.05, 4.69) is 36.1 Å². The summed E-state index contributed by atoms with van der Waals surface area (Å²) in [5.41, 5.74) is 0. The average molecular weight is 251 g/mol. The monoisotopic (exact) mass is 251 g/mol. The zero-order valence-electron chi connectivity index (χ0n) is 12.2. The van der Waals surface area contributed by atoms with Gasteiger partial charge in [0.25, 0.3) is 0 Å². The minimum Gasteiger partial charge on any atom is -0.311 e. The van der Waals surface area contributed by atoms with E-state index in [-0.39, 0.29) is 0 Å². The van der Waals surface area contributed by atoms with Gasteiger partial charge >= 0.3 is 0 Å². The van der Waals surface area contributed by atoms with Gasteiger partial charge in [-0.1, -0.05) is 6.92 Å². The van der Waals surface area contributed by atoms with Gasteiger partial charge in [-0.2, -0.15) is 0 Å². The van der Waals surface area contributed by atoms with Crippen molar-refractivity contribution >= 4 is 0 Å².